The highest BCUT2D eigenvalue weighted by Crippen LogP contribution is 2.24. The van der Waals surface area contributed by atoms with Crippen molar-refractivity contribution in [3.8, 4) is 18.1 Å². The number of likely N-dealkylation sites (tertiary alicyclic amines) is 1. The van der Waals surface area contributed by atoms with Crippen LogP contribution in [-0.2, 0) is 9.47 Å². The van der Waals surface area contributed by atoms with E-state index in [4.69, 9.17) is 31.1 Å². The highest BCUT2D eigenvalue weighted by molar-refractivity contribution is 6.28. The first-order valence-electron chi connectivity index (χ1n) is 18.5. The number of hydrogen-bond acceptors (Lipinski definition) is 14. The fraction of sp³-hybridized carbons (Fsp3) is 0.676. The van der Waals surface area contributed by atoms with Crippen LogP contribution in [0.4, 0.5) is 21.2 Å². The molecule has 2 amide bonds. The van der Waals surface area contributed by atoms with Gasteiger partial charge in [0.25, 0.3) is 0 Å². The Morgan fingerprint density at radius 3 is 1.70 bits per heavy atom. The summed E-state index contributed by atoms with van der Waals surface area (Å²) in [4.78, 5) is 51.3. The summed E-state index contributed by atoms with van der Waals surface area (Å²) in [5.74, 6) is 1.26. The topological polar surface area (TPSA) is 177 Å². The Bertz CT molecular complexity index is 1690. The maximum Gasteiger partial charge on any atom is 0.410 e. The minimum absolute atomic E-state index is 0.0484. The maximum absolute atomic E-state index is 12.4. The van der Waals surface area contributed by atoms with Gasteiger partial charge in [0.2, 0.25) is 5.28 Å². The first-order valence-corrected chi connectivity index (χ1v) is 18.9. The first kappa shape index (κ1) is 42.1. The first-order chi connectivity index (χ1) is 25.4. The minimum atomic E-state index is -0.520. The number of carbonyl (C=O) groups excluding carboxylic acids is 2. The predicted molar refractivity (Wildman–Crippen MR) is 204 cm³/mol. The number of amides is 2. The van der Waals surface area contributed by atoms with E-state index in [1.807, 2.05) is 59.4 Å². The molecule has 5 heterocycles. The largest absolute Gasteiger partial charge is 0.459 e. The van der Waals surface area contributed by atoms with E-state index in [0.29, 0.717) is 56.9 Å². The van der Waals surface area contributed by atoms with Crippen LogP contribution in [-0.4, -0.2) is 136 Å². The van der Waals surface area contributed by atoms with E-state index in [1.54, 1.807) is 21.9 Å². The van der Waals surface area contributed by atoms with Gasteiger partial charge in [0, 0.05) is 70.5 Å². The van der Waals surface area contributed by atoms with Crippen LogP contribution in [0.25, 0.3) is 0 Å². The lowest BCUT2D eigenvalue weighted by atomic mass is 10.1. The van der Waals surface area contributed by atoms with Crippen molar-refractivity contribution in [2.24, 2.45) is 0 Å². The molecule has 0 N–H and O–H groups in total. The van der Waals surface area contributed by atoms with Gasteiger partial charge < -0.3 is 33.8 Å². The van der Waals surface area contributed by atoms with Gasteiger partial charge in [0.05, 0.1) is 0 Å². The summed E-state index contributed by atoms with van der Waals surface area (Å²) in [6.45, 7) is 19.2. The van der Waals surface area contributed by atoms with E-state index in [9.17, 15) is 14.9 Å². The number of ether oxygens (including phenoxy) is 3. The minimum Gasteiger partial charge on any atom is -0.459 e. The van der Waals surface area contributed by atoms with Gasteiger partial charge in [0.15, 0.2) is 0 Å². The SMILES string of the molecule is CC(C)(C)OC(=O)N1CCCN(c2cc(C#N)nc(Cl)n2)CC1.C[C@H](Oc1nc(C#N)cc(N2CCCN(C(=O)OC(C)(C)C)CC2)n1)[C@@H]1CCCN1C. The van der Waals surface area contributed by atoms with E-state index in [0.717, 1.165) is 45.3 Å². The molecule has 294 valence electrons. The second-order valence-electron chi connectivity index (χ2n) is 15.6. The van der Waals surface area contributed by atoms with Crippen LogP contribution in [0.1, 0.15) is 85.5 Å². The smallest absolute Gasteiger partial charge is 0.410 e. The van der Waals surface area contributed by atoms with Crippen molar-refractivity contribution >= 4 is 35.4 Å². The van der Waals surface area contributed by atoms with E-state index in [2.05, 4.69) is 42.9 Å². The normalized spacial score (nSPS) is 19.0. The molecular weight excluding hydrogens is 714 g/mol. The Labute approximate surface area is 323 Å². The van der Waals surface area contributed by atoms with Gasteiger partial charge in [-0.25, -0.2) is 19.6 Å². The number of anilines is 2. The zero-order valence-corrected chi connectivity index (χ0v) is 33.6. The summed E-state index contributed by atoms with van der Waals surface area (Å²) in [6, 6.07) is 7.92. The van der Waals surface area contributed by atoms with E-state index in [1.165, 1.54) is 0 Å². The maximum atomic E-state index is 12.4. The van der Waals surface area contributed by atoms with Crippen LogP contribution in [0.5, 0.6) is 6.01 Å². The lowest BCUT2D eigenvalue weighted by Crippen LogP contribution is -2.39. The van der Waals surface area contributed by atoms with Crippen LogP contribution in [0.3, 0.4) is 0 Å². The molecule has 0 spiro atoms. The van der Waals surface area contributed by atoms with Crippen LogP contribution in [0.15, 0.2) is 12.1 Å². The summed E-state index contributed by atoms with van der Waals surface area (Å²) < 4.78 is 17.0. The molecule has 0 aliphatic carbocycles. The molecule has 3 saturated heterocycles. The number of nitriles is 2. The lowest BCUT2D eigenvalue weighted by molar-refractivity contribution is 0.0252. The number of nitrogens with zero attached hydrogens (tertiary/aromatic N) is 11. The zero-order chi connectivity index (χ0) is 39.6. The van der Waals surface area contributed by atoms with Gasteiger partial charge >= 0.3 is 18.2 Å². The van der Waals surface area contributed by atoms with Crippen molar-refractivity contribution in [1.29, 1.82) is 10.5 Å². The molecule has 0 aromatic carbocycles. The quantitative estimate of drug-likeness (QED) is 0.367. The molecule has 0 bridgehead atoms. The van der Waals surface area contributed by atoms with Gasteiger partial charge in [-0.1, -0.05) is 0 Å². The average Bonchev–Trinajstić information content (AvgIpc) is 3.26. The van der Waals surface area contributed by atoms with Crippen molar-refractivity contribution in [2.75, 3.05) is 75.8 Å². The van der Waals surface area contributed by atoms with Crippen molar-refractivity contribution in [2.45, 2.75) is 97.5 Å². The number of aromatic nitrogens is 4. The highest BCUT2D eigenvalue weighted by atomic mass is 35.5. The molecule has 2 atom stereocenters. The molecule has 3 aliphatic rings. The number of likely N-dealkylation sites (N-methyl/N-ethyl adjacent to an activating group) is 1. The lowest BCUT2D eigenvalue weighted by Gasteiger charge is -2.27. The van der Waals surface area contributed by atoms with Crippen molar-refractivity contribution in [3.63, 3.8) is 0 Å². The number of carbonyl (C=O) groups is 2. The number of hydrogen-bond donors (Lipinski definition) is 0. The van der Waals surface area contributed by atoms with Gasteiger partial charge in [-0.15, -0.1) is 0 Å². The fourth-order valence-electron chi connectivity index (χ4n) is 6.40. The zero-order valence-electron chi connectivity index (χ0n) is 32.8. The second kappa shape index (κ2) is 18.6. The van der Waals surface area contributed by atoms with Crippen LogP contribution < -0.4 is 14.5 Å². The third kappa shape index (κ3) is 12.7. The van der Waals surface area contributed by atoms with Crippen LogP contribution in [0.2, 0.25) is 5.28 Å². The molecule has 5 rings (SSSR count). The molecule has 16 nitrogen and oxygen atoms in total. The van der Waals surface area contributed by atoms with Crippen LogP contribution >= 0.6 is 11.6 Å². The van der Waals surface area contributed by atoms with Crippen LogP contribution in [0, 0.1) is 22.7 Å². The number of halogens is 1. The molecule has 17 heteroatoms. The molecule has 0 saturated carbocycles. The molecule has 54 heavy (non-hydrogen) atoms. The summed E-state index contributed by atoms with van der Waals surface area (Å²) in [5, 5.41) is 18.5. The second-order valence-corrected chi connectivity index (χ2v) is 16.0. The van der Waals surface area contributed by atoms with Gasteiger partial charge in [0.1, 0.15) is 52.5 Å². The molecule has 3 fully saturated rings. The van der Waals surface area contributed by atoms with E-state index < -0.39 is 11.2 Å². The molecule has 0 radical (unpaired) electrons. The average molecular weight is 768 g/mol. The molecule has 2 aromatic rings. The molecule has 0 unspecified atom stereocenters. The monoisotopic (exact) mass is 767 g/mol. The number of rotatable bonds is 5. The van der Waals surface area contributed by atoms with Gasteiger partial charge in [-0.05, 0) is 99.3 Å². The van der Waals surface area contributed by atoms with Crippen molar-refractivity contribution in [3.05, 3.63) is 28.8 Å². The third-order valence-electron chi connectivity index (χ3n) is 8.96. The third-order valence-corrected chi connectivity index (χ3v) is 9.13. The molecule has 2 aromatic heterocycles. The van der Waals surface area contributed by atoms with E-state index in [-0.39, 0.29) is 41.0 Å². The predicted octanol–water partition coefficient (Wildman–Crippen LogP) is 5.11. The van der Waals surface area contributed by atoms with Gasteiger partial charge in [-0.2, -0.15) is 20.5 Å². The Balaban J connectivity index is 0.000000252. The van der Waals surface area contributed by atoms with E-state index >= 15 is 0 Å². The molecule has 3 aliphatic heterocycles. The van der Waals surface area contributed by atoms with Crippen molar-refractivity contribution < 1.29 is 23.8 Å². The fourth-order valence-corrected chi connectivity index (χ4v) is 6.57. The Kier molecular flexibility index (Phi) is 14.5. The summed E-state index contributed by atoms with van der Waals surface area (Å²) in [5.41, 5.74) is -0.521. The highest BCUT2D eigenvalue weighted by Gasteiger charge is 2.30. The standard InChI is InChI=1S/C22H34N6O3.C15H20ClN5O2/c1-16(18-8-6-9-26(18)5)30-20-24-17(15-23)14-19(25-20)27-10-7-11-28(13-12-27)21(29)31-22(2,3)4;1-15(2,3)23-14(22)21-6-4-5-20(7-8-21)12-9-11(10-17)18-13(16)19-12/h14,16,18H,6-13H2,1-5H3;9H,4-8H2,1-3H3/t16-,18-;/m0./s1. The summed E-state index contributed by atoms with van der Waals surface area (Å²) in [7, 11) is 2.10. The summed E-state index contributed by atoms with van der Waals surface area (Å²) in [6.07, 6.45) is 3.12. The Morgan fingerprint density at radius 1 is 0.741 bits per heavy atom. The Hall–Kier alpha value is -4.67. The Morgan fingerprint density at radius 2 is 1.24 bits per heavy atom. The van der Waals surface area contributed by atoms with Gasteiger partial charge in [-0.3, -0.25) is 4.90 Å². The van der Waals surface area contributed by atoms with Crippen molar-refractivity contribution in [1.82, 2.24) is 34.6 Å². The molecular formula is C37H54ClN11O5. The summed E-state index contributed by atoms with van der Waals surface area (Å²) >= 11 is 5.86.